The van der Waals surface area contributed by atoms with Crippen LogP contribution in [0.15, 0.2) is 54.6 Å². The SMILES string of the molecule is COc1ccc(CN2Cc3nc(-c4c(F)cccc4F)nc(Nc4ccc(C)c(F)c4)c3C2=O)c(OC)c1. The van der Waals surface area contributed by atoms with Gasteiger partial charge in [0.1, 0.15) is 40.3 Å². The molecule has 2 heterocycles. The molecule has 10 heteroatoms. The Labute approximate surface area is 216 Å². The Morgan fingerprint density at radius 1 is 0.921 bits per heavy atom. The molecule has 1 aliphatic heterocycles. The van der Waals surface area contributed by atoms with Crippen LogP contribution >= 0.6 is 0 Å². The molecule has 5 rings (SSSR count). The van der Waals surface area contributed by atoms with Crippen LogP contribution in [-0.4, -0.2) is 35.0 Å². The van der Waals surface area contributed by atoms with Gasteiger partial charge >= 0.3 is 0 Å². The molecule has 194 valence electrons. The highest BCUT2D eigenvalue weighted by Crippen LogP contribution is 2.35. The highest BCUT2D eigenvalue weighted by molar-refractivity contribution is 6.03. The zero-order valence-electron chi connectivity index (χ0n) is 20.8. The molecular weight excluding hydrogens is 497 g/mol. The Morgan fingerprint density at radius 3 is 2.37 bits per heavy atom. The van der Waals surface area contributed by atoms with Gasteiger partial charge in [0.2, 0.25) is 0 Å². The van der Waals surface area contributed by atoms with E-state index in [0.29, 0.717) is 22.7 Å². The number of fused-ring (bicyclic) bond motifs is 1. The first-order valence-corrected chi connectivity index (χ1v) is 11.7. The maximum atomic E-state index is 14.6. The van der Waals surface area contributed by atoms with Crippen molar-refractivity contribution in [3.63, 3.8) is 0 Å². The number of amides is 1. The van der Waals surface area contributed by atoms with E-state index in [1.165, 1.54) is 31.3 Å². The summed E-state index contributed by atoms with van der Waals surface area (Å²) in [7, 11) is 3.06. The summed E-state index contributed by atoms with van der Waals surface area (Å²) in [5.74, 6) is -1.63. The minimum atomic E-state index is -0.846. The van der Waals surface area contributed by atoms with E-state index < -0.39 is 28.9 Å². The number of nitrogens with one attached hydrogen (secondary N) is 1. The Morgan fingerprint density at radius 2 is 1.68 bits per heavy atom. The number of hydrogen-bond donors (Lipinski definition) is 1. The molecule has 3 aromatic carbocycles. The molecule has 1 N–H and O–H groups in total. The monoisotopic (exact) mass is 520 g/mol. The van der Waals surface area contributed by atoms with Crippen molar-refractivity contribution in [3.8, 4) is 22.9 Å². The number of halogens is 3. The lowest BCUT2D eigenvalue weighted by Gasteiger charge is -2.18. The van der Waals surface area contributed by atoms with Crippen molar-refractivity contribution in [1.82, 2.24) is 14.9 Å². The summed E-state index contributed by atoms with van der Waals surface area (Å²) in [6, 6.07) is 13.1. The molecule has 0 fully saturated rings. The van der Waals surface area contributed by atoms with E-state index in [9.17, 15) is 18.0 Å². The number of methoxy groups -OCH3 is 2. The van der Waals surface area contributed by atoms with Gasteiger partial charge in [0, 0.05) is 17.3 Å². The van der Waals surface area contributed by atoms with E-state index in [2.05, 4.69) is 15.3 Å². The lowest BCUT2D eigenvalue weighted by Crippen LogP contribution is -2.24. The third kappa shape index (κ3) is 4.60. The lowest BCUT2D eigenvalue weighted by atomic mass is 10.1. The minimum Gasteiger partial charge on any atom is -0.497 e. The highest BCUT2D eigenvalue weighted by Gasteiger charge is 2.34. The van der Waals surface area contributed by atoms with Gasteiger partial charge in [0.15, 0.2) is 5.82 Å². The number of anilines is 2. The Balaban J connectivity index is 1.58. The summed E-state index contributed by atoms with van der Waals surface area (Å²) in [5, 5.41) is 2.95. The first kappa shape index (κ1) is 25.1. The number of ether oxygens (including phenoxy) is 2. The van der Waals surface area contributed by atoms with E-state index in [1.54, 1.807) is 37.3 Å². The smallest absolute Gasteiger partial charge is 0.260 e. The standard InChI is InChI=1S/C28H23F3N4O3/c1-15-7-9-17(11-21(15)31)32-27-25-22(33-26(34-27)24-19(29)5-4-6-20(24)30)14-35(28(25)36)13-16-8-10-18(37-2)12-23(16)38-3/h4-12H,13-14H2,1-3H3,(H,32,33,34). The number of benzene rings is 3. The van der Waals surface area contributed by atoms with Crippen LogP contribution in [0.3, 0.4) is 0 Å². The molecule has 0 aliphatic carbocycles. The number of carbonyl (C=O) groups is 1. The summed E-state index contributed by atoms with van der Waals surface area (Å²) in [6.07, 6.45) is 0. The van der Waals surface area contributed by atoms with Crippen LogP contribution in [0.1, 0.15) is 27.2 Å². The second kappa shape index (κ2) is 10.0. The number of aryl methyl sites for hydroxylation is 1. The molecule has 0 atom stereocenters. The summed E-state index contributed by atoms with van der Waals surface area (Å²) >= 11 is 0. The van der Waals surface area contributed by atoms with E-state index in [-0.39, 0.29) is 36.0 Å². The minimum absolute atomic E-state index is 0.0186. The Kier molecular flexibility index (Phi) is 6.62. The van der Waals surface area contributed by atoms with E-state index in [0.717, 1.165) is 17.7 Å². The van der Waals surface area contributed by atoms with Crippen molar-refractivity contribution < 1.29 is 27.4 Å². The van der Waals surface area contributed by atoms with Gasteiger partial charge in [-0.1, -0.05) is 12.1 Å². The molecule has 0 saturated heterocycles. The van der Waals surface area contributed by atoms with Crippen LogP contribution in [0.4, 0.5) is 24.7 Å². The molecule has 0 saturated carbocycles. The van der Waals surface area contributed by atoms with Gasteiger partial charge < -0.3 is 19.7 Å². The van der Waals surface area contributed by atoms with Gasteiger partial charge in [-0.25, -0.2) is 23.1 Å². The van der Waals surface area contributed by atoms with Crippen LogP contribution in [0.2, 0.25) is 0 Å². The summed E-state index contributed by atoms with van der Waals surface area (Å²) in [4.78, 5) is 23.8. The van der Waals surface area contributed by atoms with Gasteiger partial charge in [-0.3, -0.25) is 4.79 Å². The molecule has 4 aromatic rings. The second-order valence-corrected chi connectivity index (χ2v) is 8.74. The van der Waals surface area contributed by atoms with Crippen molar-refractivity contribution in [2.45, 2.75) is 20.0 Å². The average molecular weight is 521 g/mol. The Hall–Kier alpha value is -4.60. The molecule has 0 spiro atoms. The highest BCUT2D eigenvalue weighted by atomic mass is 19.1. The van der Waals surface area contributed by atoms with Crippen molar-refractivity contribution in [2.75, 3.05) is 19.5 Å². The second-order valence-electron chi connectivity index (χ2n) is 8.74. The number of rotatable bonds is 7. The van der Waals surface area contributed by atoms with Crippen LogP contribution in [0, 0.1) is 24.4 Å². The molecule has 1 aromatic heterocycles. The molecule has 0 radical (unpaired) electrons. The first-order chi connectivity index (χ1) is 18.3. The molecule has 0 bridgehead atoms. The number of aromatic nitrogens is 2. The molecular formula is C28H23F3N4O3. The fourth-order valence-electron chi connectivity index (χ4n) is 4.29. The summed E-state index contributed by atoms with van der Waals surface area (Å²) in [6.45, 7) is 1.85. The molecule has 7 nitrogen and oxygen atoms in total. The number of carbonyl (C=O) groups excluding carboxylic acids is 1. The van der Waals surface area contributed by atoms with Crippen molar-refractivity contribution >= 4 is 17.4 Å². The first-order valence-electron chi connectivity index (χ1n) is 11.7. The van der Waals surface area contributed by atoms with Crippen LogP contribution < -0.4 is 14.8 Å². The van der Waals surface area contributed by atoms with Crippen LogP contribution in [0.25, 0.3) is 11.4 Å². The largest absolute Gasteiger partial charge is 0.497 e. The van der Waals surface area contributed by atoms with E-state index in [4.69, 9.17) is 9.47 Å². The Bertz CT molecular complexity index is 1540. The number of hydrogen-bond acceptors (Lipinski definition) is 6. The third-order valence-electron chi connectivity index (χ3n) is 6.30. The van der Waals surface area contributed by atoms with E-state index in [1.807, 2.05) is 0 Å². The van der Waals surface area contributed by atoms with Gasteiger partial charge in [0.25, 0.3) is 5.91 Å². The zero-order chi connectivity index (χ0) is 27.0. The maximum Gasteiger partial charge on any atom is 0.260 e. The van der Waals surface area contributed by atoms with E-state index >= 15 is 0 Å². The quantitative estimate of drug-likeness (QED) is 0.333. The van der Waals surface area contributed by atoms with Crippen molar-refractivity contribution in [1.29, 1.82) is 0 Å². The summed E-state index contributed by atoms with van der Waals surface area (Å²) in [5.41, 5.74) is 1.48. The number of nitrogens with zero attached hydrogens (tertiary/aromatic N) is 3. The molecule has 1 amide bonds. The van der Waals surface area contributed by atoms with Crippen LogP contribution in [-0.2, 0) is 13.1 Å². The fourth-order valence-corrected chi connectivity index (χ4v) is 4.29. The van der Waals surface area contributed by atoms with Gasteiger partial charge in [0.05, 0.1) is 38.6 Å². The van der Waals surface area contributed by atoms with Crippen molar-refractivity contribution in [3.05, 3.63) is 94.4 Å². The average Bonchev–Trinajstić information content (AvgIpc) is 3.21. The lowest BCUT2D eigenvalue weighted by molar-refractivity contribution is 0.0766. The van der Waals surface area contributed by atoms with Gasteiger partial charge in [-0.05, 0) is 48.9 Å². The fraction of sp³-hybridized carbons (Fsp3) is 0.179. The van der Waals surface area contributed by atoms with Crippen LogP contribution in [0.5, 0.6) is 11.5 Å². The predicted molar refractivity (Wildman–Crippen MR) is 135 cm³/mol. The molecule has 0 unspecified atom stereocenters. The topological polar surface area (TPSA) is 76.6 Å². The zero-order valence-corrected chi connectivity index (χ0v) is 20.8. The molecule has 1 aliphatic rings. The van der Waals surface area contributed by atoms with Crippen molar-refractivity contribution in [2.24, 2.45) is 0 Å². The normalized spacial score (nSPS) is 12.5. The summed E-state index contributed by atoms with van der Waals surface area (Å²) < 4.78 is 54.2. The maximum absolute atomic E-state index is 14.6. The van der Waals surface area contributed by atoms with Gasteiger partial charge in [-0.2, -0.15) is 0 Å². The molecule has 38 heavy (non-hydrogen) atoms. The van der Waals surface area contributed by atoms with Gasteiger partial charge in [-0.15, -0.1) is 0 Å². The predicted octanol–water partition coefficient (Wildman–Crippen LogP) is 5.79. The third-order valence-corrected chi connectivity index (χ3v) is 6.30.